The van der Waals surface area contributed by atoms with E-state index in [0.29, 0.717) is 24.4 Å². The number of carbonyl (C=O) groups excluding carboxylic acids is 1. The fourth-order valence-corrected chi connectivity index (χ4v) is 3.13. The minimum Gasteiger partial charge on any atom is -0.494 e. The van der Waals surface area contributed by atoms with Gasteiger partial charge in [-0.05, 0) is 48.2 Å². The van der Waals surface area contributed by atoms with Gasteiger partial charge in [0, 0.05) is 6.42 Å². The molecule has 0 radical (unpaired) electrons. The number of nitrogens with two attached hydrogens (primary N) is 1. The highest BCUT2D eigenvalue weighted by molar-refractivity contribution is 5.93. The molecular formula is C25H28N2O2. The second kappa shape index (κ2) is 10.9. The summed E-state index contributed by atoms with van der Waals surface area (Å²) in [5.74, 6) is 0.905. The van der Waals surface area contributed by atoms with Crippen molar-refractivity contribution in [2.24, 2.45) is 0 Å². The summed E-state index contributed by atoms with van der Waals surface area (Å²) in [6.45, 7) is 0.692. The Balaban J connectivity index is 1.27. The standard InChI is InChI=1S/C25H28N2O2/c26-23-12-7-8-13-24(23)27-25(28)14-6-1-2-9-19-29-22-17-15-21(16-18-22)20-10-4-3-5-11-20/h3-5,7-8,10-13,15-18H,1-2,6,9,14,19,26H2,(H,27,28). The van der Waals surface area contributed by atoms with E-state index < -0.39 is 0 Å². The largest absolute Gasteiger partial charge is 0.494 e. The van der Waals surface area contributed by atoms with Gasteiger partial charge in [-0.25, -0.2) is 0 Å². The Hall–Kier alpha value is -3.27. The van der Waals surface area contributed by atoms with Gasteiger partial charge < -0.3 is 15.8 Å². The number of amides is 1. The molecule has 0 saturated heterocycles. The molecule has 0 aliphatic heterocycles. The zero-order valence-electron chi connectivity index (χ0n) is 16.6. The number of para-hydroxylation sites is 2. The number of nitrogens with one attached hydrogen (secondary N) is 1. The van der Waals surface area contributed by atoms with Crippen molar-refractivity contribution >= 4 is 17.3 Å². The van der Waals surface area contributed by atoms with Crippen LogP contribution < -0.4 is 15.8 Å². The van der Waals surface area contributed by atoms with Crippen molar-refractivity contribution in [3.05, 3.63) is 78.9 Å². The Labute approximate surface area is 172 Å². The highest BCUT2D eigenvalue weighted by Gasteiger charge is 2.04. The van der Waals surface area contributed by atoms with Crippen LogP contribution in [0.1, 0.15) is 32.1 Å². The molecule has 0 fully saturated rings. The van der Waals surface area contributed by atoms with E-state index in [1.54, 1.807) is 6.07 Å². The maximum atomic E-state index is 12.0. The molecular weight excluding hydrogens is 360 g/mol. The second-order valence-corrected chi connectivity index (χ2v) is 7.04. The molecule has 0 spiro atoms. The fourth-order valence-electron chi connectivity index (χ4n) is 3.13. The Morgan fingerprint density at radius 1 is 0.759 bits per heavy atom. The molecule has 3 rings (SSSR count). The number of rotatable bonds is 10. The molecule has 4 heteroatoms. The Morgan fingerprint density at radius 2 is 1.41 bits per heavy atom. The highest BCUT2D eigenvalue weighted by Crippen LogP contribution is 2.22. The van der Waals surface area contributed by atoms with Crippen LogP contribution in [-0.4, -0.2) is 12.5 Å². The number of unbranched alkanes of at least 4 members (excludes halogenated alkanes) is 3. The van der Waals surface area contributed by atoms with Gasteiger partial charge in [0.05, 0.1) is 18.0 Å². The monoisotopic (exact) mass is 388 g/mol. The Bertz CT molecular complexity index is 892. The lowest BCUT2D eigenvalue weighted by atomic mass is 10.1. The van der Waals surface area contributed by atoms with E-state index in [1.807, 2.05) is 48.5 Å². The molecule has 0 atom stereocenters. The van der Waals surface area contributed by atoms with E-state index in [4.69, 9.17) is 10.5 Å². The quantitative estimate of drug-likeness (QED) is 0.335. The number of hydrogen-bond donors (Lipinski definition) is 2. The molecule has 0 aromatic heterocycles. The lowest BCUT2D eigenvalue weighted by Gasteiger charge is -2.08. The van der Waals surface area contributed by atoms with Crippen LogP contribution >= 0.6 is 0 Å². The first-order valence-electron chi connectivity index (χ1n) is 10.1. The van der Waals surface area contributed by atoms with Crippen molar-refractivity contribution in [2.45, 2.75) is 32.1 Å². The van der Waals surface area contributed by atoms with Crippen molar-refractivity contribution in [1.82, 2.24) is 0 Å². The molecule has 3 aromatic carbocycles. The first kappa shape index (κ1) is 20.5. The summed E-state index contributed by atoms with van der Waals surface area (Å²) in [7, 11) is 0. The number of nitrogen functional groups attached to an aromatic ring is 1. The van der Waals surface area contributed by atoms with Gasteiger partial charge in [0.1, 0.15) is 5.75 Å². The first-order valence-corrected chi connectivity index (χ1v) is 10.1. The van der Waals surface area contributed by atoms with Gasteiger partial charge in [-0.15, -0.1) is 0 Å². The van der Waals surface area contributed by atoms with Crippen LogP contribution in [0.3, 0.4) is 0 Å². The maximum absolute atomic E-state index is 12.0. The molecule has 0 heterocycles. The fraction of sp³-hybridized carbons (Fsp3) is 0.240. The number of carbonyl (C=O) groups is 1. The predicted molar refractivity (Wildman–Crippen MR) is 120 cm³/mol. The van der Waals surface area contributed by atoms with Crippen molar-refractivity contribution in [2.75, 3.05) is 17.7 Å². The molecule has 0 bridgehead atoms. The van der Waals surface area contributed by atoms with E-state index in [1.165, 1.54) is 11.1 Å². The average molecular weight is 389 g/mol. The average Bonchev–Trinajstić information content (AvgIpc) is 2.76. The zero-order valence-corrected chi connectivity index (χ0v) is 16.6. The smallest absolute Gasteiger partial charge is 0.224 e. The predicted octanol–water partition coefficient (Wildman–Crippen LogP) is 5.90. The summed E-state index contributed by atoms with van der Waals surface area (Å²) in [6.07, 6.45) is 4.41. The third-order valence-corrected chi connectivity index (χ3v) is 4.76. The van der Waals surface area contributed by atoms with E-state index in [9.17, 15) is 4.79 Å². The highest BCUT2D eigenvalue weighted by atomic mass is 16.5. The van der Waals surface area contributed by atoms with Gasteiger partial charge in [-0.3, -0.25) is 4.79 Å². The molecule has 0 unspecified atom stereocenters. The van der Waals surface area contributed by atoms with Gasteiger partial charge in [0.15, 0.2) is 0 Å². The van der Waals surface area contributed by atoms with Gasteiger partial charge >= 0.3 is 0 Å². The summed E-state index contributed by atoms with van der Waals surface area (Å²) in [5, 5.41) is 2.86. The van der Waals surface area contributed by atoms with Crippen LogP contribution in [0.25, 0.3) is 11.1 Å². The maximum Gasteiger partial charge on any atom is 0.224 e. The van der Waals surface area contributed by atoms with Crippen LogP contribution in [0, 0.1) is 0 Å². The summed E-state index contributed by atoms with van der Waals surface area (Å²) < 4.78 is 5.82. The molecule has 3 N–H and O–H groups in total. The molecule has 3 aromatic rings. The topological polar surface area (TPSA) is 64.3 Å². The lowest BCUT2D eigenvalue weighted by Crippen LogP contribution is -2.12. The number of ether oxygens (including phenoxy) is 1. The van der Waals surface area contributed by atoms with Crippen LogP contribution in [0.5, 0.6) is 5.75 Å². The van der Waals surface area contributed by atoms with Crippen LogP contribution in [0.4, 0.5) is 11.4 Å². The van der Waals surface area contributed by atoms with Gasteiger partial charge in [0.25, 0.3) is 0 Å². The van der Waals surface area contributed by atoms with Gasteiger partial charge in [-0.1, -0.05) is 67.4 Å². The van der Waals surface area contributed by atoms with Crippen LogP contribution in [0.15, 0.2) is 78.9 Å². The molecule has 150 valence electrons. The summed E-state index contributed by atoms with van der Waals surface area (Å²) in [5.41, 5.74) is 9.51. The summed E-state index contributed by atoms with van der Waals surface area (Å²) in [4.78, 5) is 12.0. The third kappa shape index (κ3) is 6.68. The number of hydrogen-bond acceptors (Lipinski definition) is 3. The first-order chi connectivity index (χ1) is 14.2. The lowest BCUT2D eigenvalue weighted by molar-refractivity contribution is -0.116. The number of benzene rings is 3. The van der Waals surface area contributed by atoms with Crippen molar-refractivity contribution in [3.63, 3.8) is 0 Å². The minimum atomic E-state index is 0.0117. The molecule has 0 aliphatic rings. The number of anilines is 2. The normalized spacial score (nSPS) is 10.5. The molecule has 29 heavy (non-hydrogen) atoms. The van der Waals surface area contributed by atoms with Crippen LogP contribution in [-0.2, 0) is 4.79 Å². The molecule has 1 amide bonds. The van der Waals surface area contributed by atoms with Gasteiger partial charge in [0.2, 0.25) is 5.91 Å². The van der Waals surface area contributed by atoms with Gasteiger partial charge in [-0.2, -0.15) is 0 Å². The molecule has 0 aliphatic carbocycles. The summed E-state index contributed by atoms with van der Waals surface area (Å²) >= 11 is 0. The Kier molecular flexibility index (Phi) is 7.70. The van der Waals surface area contributed by atoms with E-state index in [0.717, 1.165) is 31.4 Å². The van der Waals surface area contributed by atoms with Crippen molar-refractivity contribution in [3.8, 4) is 16.9 Å². The molecule has 4 nitrogen and oxygen atoms in total. The Morgan fingerprint density at radius 3 is 2.17 bits per heavy atom. The van der Waals surface area contributed by atoms with Crippen molar-refractivity contribution < 1.29 is 9.53 Å². The van der Waals surface area contributed by atoms with E-state index >= 15 is 0 Å². The minimum absolute atomic E-state index is 0.0117. The van der Waals surface area contributed by atoms with Crippen molar-refractivity contribution in [1.29, 1.82) is 0 Å². The molecule has 0 saturated carbocycles. The zero-order chi connectivity index (χ0) is 20.3. The van der Waals surface area contributed by atoms with Crippen LogP contribution in [0.2, 0.25) is 0 Å². The van der Waals surface area contributed by atoms with E-state index in [2.05, 4.69) is 29.6 Å². The third-order valence-electron chi connectivity index (χ3n) is 4.76. The van der Waals surface area contributed by atoms with E-state index in [-0.39, 0.29) is 5.91 Å². The summed E-state index contributed by atoms with van der Waals surface area (Å²) in [6, 6.07) is 25.8. The SMILES string of the molecule is Nc1ccccc1NC(=O)CCCCCCOc1ccc(-c2ccccc2)cc1. The second-order valence-electron chi connectivity index (χ2n) is 7.04.